The van der Waals surface area contributed by atoms with Crippen molar-refractivity contribution in [3.8, 4) is 0 Å². The summed E-state index contributed by atoms with van der Waals surface area (Å²) in [6.07, 6.45) is 0. The second-order valence-corrected chi connectivity index (χ2v) is 6.60. The highest BCUT2D eigenvalue weighted by Crippen LogP contribution is 2.11. The molecule has 0 saturated carbocycles. The molecule has 0 heterocycles. The maximum absolute atomic E-state index is 11.3. The van der Waals surface area contributed by atoms with Crippen LogP contribution in [0, 0.1) is 5.41 Å². The number of nitrogens with one attached hydrogen (secondary N) is 1. The molecule has 0 radical (unpaired) electrons. The first-order valence-electron chi connectivity index (χ1n) is 4.40. The molecule has 5 heteroatoms. The molecule has 0 spiro atoms. The lowest BCUT2D eigenvalue weighted by Crippen LogP contribution is -2.40. The van der Waals surface area contributed by atoms with E-state index >= 15 is 0 Å². The molecule has 80 valence electrons. The van der Waals surface area contributed by atoms with Crippen molar-refractivity contribution in [2.75, 3.05) is 13.1 Å². The van der Waals surface area contributed by atoms with Crippen LogP contribution in [-0.2, 0) is 10.0 Å². The molecule has 13 heavy (non-hydrogen) atoms. The summed E-state index contributed by atoms with van der Waals surface area (Å²) in [7, 11) is -3.15. The Balaban J connectivity index is 4.19. The lowest BCUT2D eigenvalue weighted by Gasteiger charge is -2.23. The number of nitrogens with two attached hydrogens (primary N) is 1. The average molecular weight is 208 g/mol. The molecule has 0 aliphatic rings. The molecule has 0 aromatic heterocycles. The highest BCUT2D eigenvalue weighted by molar-refractivity contribution is 7.90. The Labute approximate surface area is 80.9 Å². The van der Waals surface area contributed by atoms with Crippen LogP contribution in [0.4, 0.5) is 0 Å². The van der Waals surface area contributed by atoms with Crippen molar-refractivity contribution in [2.24, 2.45) is 11.1 Å². The van der Waals surface area contributed by atoms with Crippen molar-refractivity contribution in [1.82, 2.24) is 4.72 Å². The van der Waals surface area contributed by atoms with E-state index in [0.29, 0.717) is 13.1 Å². The monoisotopic (exact) mass is 208 g/mol. The number of hydrogen-bond donors (Lipinski definition) is 2. The largest absolute Gasteiger partial charge is 0.330 e. The van der Waals surface area contributed by atoms with Gasteiger partial charge in [-0.3, -0.25) is 0 Å². The van der Waals surface area contributed by atoms with Crippen LogP contribution >= 0.6 is 0 Å². The zero-order valence-electron chi connectivity index (χ0n) is 8.79. The number of rotatable bonds is 5. The third-order valence-corrected chi connectivity index (χ3v) is 3.71. The fourth-order valence-electron chi connectivity index (χ4n) is 0.535. The van der Waals surface area contributed by atoms with Gasteiger partial charge in [0, 0.05) is 6.54 Å². The van der Waals surface area contributed by atoms with Gasteiger partial charge in [0.2, 0.25) is 10.0 Å². The lowest BCUT2D eigenvalue weighted by molar-refractivity contribution is 0.375. The van der Waals surface area contributed by atoms with Crippen molar-refractivity contribution < 1.29 is 8.42 Å². The van der Waals surface area contributed by atoms with Gasteiger partial charge in [0.05, 0.1) is 5.25 Å². The van der Waals surface area contributed by atoms with E-state index in [1.165, 1.54) is 0 Å². The van der Waals surface area contributed by atoms with E-state index in [2.05, 4.69) is 4.72 Å². The molecule has 0 amide bonds. The summed E-state index contributed by atoms with van der Waals surface area (Å²) in [5.41, 5.74) is 5.30. The van der Waals surface area contributed by atoms with Crippen molar-refractivity contribution in [3.63, 3.8) is 0 Å². The van der Waals surface area contributed by atoms with E-state index in [9.17, 15) is 8.42 Å². The Hall–Kier alpha value is -0.130. The third kappa shape index (κ3) is 4.59. The van der Waals surface area contributed by atoms with Crippen LogP contribution in [0.5, 0.6) is 0 Å². The number of hydrogen-bond acceptors (Lipinski definition) is 3. The lowest BCUT2D eigenvalue weighted by atomic mass is 9.95. The van der Waals surface area contributed by atoms with Gasteiger partial charge in [-0.2, -0.15) is 0 Å². The summed E-state index contributed by atoms with van der Waals surface area (Å²) in [5.74, 6) is 0. The molecule has 0 atom stereocenters. The predicted molar refractivity (Wildman–Crippen MR) is 54.9 cm³/mol. The van der Waals surface area contributed by atoms with Gasteiger partial charge in [-0.25, -0.2) is 13.1 Å². The van der Waals surface area contributed by atoms with Gasteiger partial charge in [-0.15, -0.1) is 0 Å². The molecule has 0 unspecified atom stereocenters. The zero-order chi connectivity index (χ0) is 10.7. The summed E-state index contributed by atoms with van der Waals surface area (Å²) in [5, 5.41) is -0.388. The van der Waals surface area contributed by atoms with Gasteiger partial charge in [0.25, 0.3) is 0 Å². The zero-order valence-corrected chi connectivity index (χ0v) is 9.61. The predicted octanol–water partition coefficient (Wildman–Crippen LogP) is 0.299. The first-order valence-corrected chi connectivity index (χ1v) is 5.94. The van der Waals surface area contributed by atoms with Crippen LogP contribution in [0.1, 0.15) is 27.7 Å². The molecular weight excluding hydrogens is 188 g/mol. The van der Waals surface area contributed by atoms with Crippen LogP contribution in [-0.4, -0.2) is 26.8 Å². The Bertz CT molecular complexity index is 245. The fourth-order valence-corrected chi connectivity index (χ4v) is 1.46. The van der Waals surface area contributed by atoms with Crippen LogP contribution in [0.3, 0.4) is 0 Å². The van der Waals surface area contributed by atoms with E-state index in [1.807, 2.05) is 13.8 Å². The van der Waals surface area contributed by atoms with E-state index < -0.39 is 10.0 Å². The molecular formula is C8H20N2O2S. The Morgan fingerprint density at radius 3 is 2.15 bits per heavy atom. The summed E-state index contributed by atoms with van der Waals surface area (Å²) < 4.78 is 25.2. The summed E-state index contributed by atoms with van der Waals surface area (Å²) in [6.45, 7) is 8.01. The maximum atomic E-state index is 11.3. The topological polar surface area (TPSA) is 72.2 Å². The first-order chi connectivity index (χ1) is 5.71. The highest BCUT2D eigenvalue weighted by atomic mass is 32.2. The molecule has 0 fully saturated rings. The van der Waals surface area contributed by atoms with E-state index in [-0.39, 0.29) is 10.7 Å². The summed E-state index contributed by atoms with van der Waals surface area (Å²) in [6, 6.07) is 0. The van der Waals surface area contributed by atoms with Crippen molar-refractivity contribution in [2.45, 2.75) is 32.9 Å². The van der Waals surface area contributed by atoms with Gasteiger partial charge in [-0.05, 0) is 25.8 Å². The Kier molecular flexibility index (Phi) is 4.35. The molecule has 0 aromatic rings. The summed E-state index contributed by atoms with van der Waals surface area (Å²) >= 11 is 0. The quantitative estimate of drug-likeness (QED) is 0.682. The van der Waals surface area contributed by atoms with Gasteiger partial charge >= 0.3 is 0 Å². The van der Waals surface area contributed by atoms with E-state index in [1.54, 1.807) is 13.8 Å². The second-order valence-electron chi connectivity index (χ2n) is 4.28. The maximum Gasteiger partial charge on any atom is 0.213 e. The molecule has 0 aliphatic heterocycles. The normalized spacial score (nSPS) is 13.7. The van der Waals surface area contributed by atoms with Gasteiger partial charge in [0.15, 0.2) is 0 Å². The minimum Gasteiger partial charge on any atom is -0.330 e. The molecule has 0 bridgehead atoms. The second kappa shape index (κ2) is 4.39. The fraction of sp³-hybridized carbons (Fsp3) is 1.00. The van der Waals surface area contributed by atoms with E-state index in [0.717, 1.165) is 0 Å². The van der Waals surface area contributed by atoms with Crippen LogP contribution in [0.15, 0.2) is 0 Å². The highest BCUT2D eigenvalue weighted by Gasteiger charge is 2.21. The Morgan fingerprint density at radius 1 is 1.38 bits per heavy atom. The van der Waals surface area contributed by atoms with E-state index in [4.69, 9.17) is 5.73 Å². The first kappa shape index (κ1) is 12.9. The molecule has 3 N–H and O–H groups in total. The van der Waals surface area contributed by atoms with Crippen molar-refractivity contribution in [1.29, 1.82) is 0 Å². The van der Waals surface area contributed by atoms with Crippen LogP contribution < -0.4 is 10.5 Å². The van der Waals surface area contributed by atoms with Gasteiger partial charge < -0.3 is 5.73 Å². The summed E-state index contributed by atoms with van der Waals surface area (Å²) in [4.78, 5) is 0. The SMILES string of the molecule is CC(C)S(=O)(=O)NCC(C)(C)CN. The third-order valence-electron chi connectivity index (χ3n) is 1.93. The smallest absolute Gasteiger partial charge is 0.213 e. The molecule has 0 aliphatic carbocycles. The van der Waals surface area contributed by atoms with Crippen LogP contribution in [0.2, 0.25) is 0 Å². The average Bonchev–Trinajstić information content (AvgIpc) is 2.01. The van der Waals surface area contributed by atoms with Gasteiger partial charge in [-0.1, -0.05) is 13.8 Å². The minimum atomic E-state index is -3.15. The molecule has 0 saturated heterocycles. The van der Waals surface area contributed by atoms with Crippen LogP contribution in [0.25, 0.3) is 0 Å². The number of sulfonamides is 1. The molecule has 0 rings (SSSR count). The van der Waals surface area contributed by atoms with Crippen molar-refractivity contribution in [3.05, 3.63) is 0 Å². The molecule has 4 nitrogen and oxygen atoms in total. The van der Waals surface area contributed by atoms with Crippen molar-refractivity contribution >= 4 is 10.0 Å². The van der Waals surface area contributed by atoms with Gasteiger partial charge in [0.1, 0.15) is 0 Å². The molecule has 0 aromatic carbocycles. The minimum absolute atomic E-state index is 0.179. The standard InChI is InChI=1S/C8H20N2O2S/c1-7(2)13(11,12)10-6-8(3,4)5-9/h7,10H,5-6,9H2,1-4H3. The Morgan fingerprint density at radius 2 is 1.85 bits per heavy atom.